The van der Waals surface area contributed by atoms with Crippen LogP contribution >= 0.6 is 0 Å². The van der Waals surface area contributed by atoms with Gasteiger partial charge >= 0.3 is 0 Å². The predicted molar refractivity (Wildman–Crippen MR) is 164 cm³/mol. The number of sulfone groups is 1. The lowest BCUT2D eigenvalue weighted by Crippen LogP contribution is -2.19. The highest BCUT2D eigenvalue weighted by Crippen LogP contribution is 2.36. The highest BCUT2D eigenvalue weighted by atomic mass is 32.2. The number of hydrogen-bond donors (Lipinski definition) is 1. The maximum atomic E-state index is 13.1. The highest BCUT2D eigenvalue weighted by Gasteiger charge is 2.25. The zero-order valence-corrected chi connectivity index (χ0v) is 25.3. The topological polar surface area (TPSA) is 121 Å². The minimum Gasteiger partial charge on any atom is -0.361 e. The van der Waals surface area contributed by atoms with Gasteiger partial charge in [0, 0.05) is 31.2 Å². The fraction of sp³-hybridized carbons (Fsp3) is 0.323. The van der Waals surface area contributed by atoms with E-state index in [1.165, 1.54) is 6.26 Å². The predicted octanol–water partition coefficient (Wildman–Crippen LogP) is 5.83. The van der Waals surface area contributed by atoms with Crippen LogP contribution in [0.1, 0.15) is 48.4 Å². The smallest absolute Gasteiger partial charge is 0.269 e. The molecule has 1 aromatic carbocycles. The van der Waals surface area contributed by atoms with Crippen molar-refractivity contribution in [1.29, 1.82) is 0 Å². The molecule has 5 aromatic rings. The molecule has 1 N–H and O–H groups in total. The Hall–Kier alpha value is -4.60. The molecule has 1 unspecified atom stereocenters. The van der Waals surface area contributed by atoms with Gasteiger partial charge in [-0.05, 0) is 69.0 Å². The van der Waals surface area contributed by atoms with E-state index in [1.807, 2.05) is 49.7 Å². The molecular weight excluding hydrogens is 564 g/mol. The van der Waals surface area contributed by atoms with Crippen molar-refractivity contribution < 1.29 is 13.2 Å². The summed E-state index contributed by atoms with van der Waals surface area (Å²) in [7, 11) is -1.77. The molecule has 0 spiro atoms. The third-order valence-corrected chi connectivity index (χ3v) is 8.92. The minimum absolute atomic E-state index is 0.165. The number of nitrogens with one attached hydrogen (secondary N) is 1. The quantitative estimate of drug-likeness (QED) is 0.233. The Kier molecular flexibility index (Phi) is 7.45. The van der Waals surface area contributed by atoms with Gasteiger partial charge in [-0.3, -0.25) is 9.25 Å². The van der Waals surface area contributed by atoms with E-state index in [0.29, 0.717) is 52.8 Å². The maximum Gasteiger partial charge on any atom is 0.269 e. The Balaban J connectivity index is 1.49. The third-order valence-electron chi connectivity index (χ3n) is 7.79. The van der Waals surface area contributed by atoms with E-state index in [9.17, 15) is 8.42 Å². The zero-order chi connectivity index (χ0) is 30.3. The van der Waals surface area contributed by atoms with Gasteiger partial charge in [0.05, 0.1) is 34.6 Å². The van der Waals surface area contributed by atoms with Crippen molar-refractivity contribution in [2.45, 2.75) is 50.7 Å². The third kappa shape index (κ3) is 5.61. The van der Waals surface area contributed by atoms with Gasteiger partial charge < -0.3 is 14.9 Å². The first-order chi connectivity index (χ1) is 20.6. The average molecular weight is 597 g/mol. The molecule has 1 aliphatic heterocycles. The second kappa shape index (κ2) is 11.2. The van der Waals surface area contributed by atoms with Gasteiger partial charge in [0.2, 0.25) is 0 Å². The van der Waals surface area contributed by atoms with E-state index < -0.39 is 9.84 Å². The first kappa shape index (κ1) is 28.5. The number of rotatable bonds is 7. The summed E-state index contributed by atoms with van der Waals surface area (Å²) in [4.78, 5) is 17.9. The summed E-state index contributed by atoms with van der Waals surface area (Å²) < 4.78 is 36.0. The van der Waals surface area contributed by atoms with Crippen LogP contribution in [0.3, 0.4) is 0 Å². The average Bonchev–Trinajstić information content (AvgIpc) is 3.50. The standard InChI is InChI=1S/C31H32N8O3S/c1-19-24(18-33-38(19)4)21-12-13-25(27(15-21)43(5,40)41)37-26-17-23(16-22-9-8-10-28(32-3)35-22)36-31-30(26)34-20(2)39(31)29-11-6-7-14-42-29/h8-10,12-13,15,17-18,29H,6-7,11,14,16H2,1-2,4-5H3,(H,36,37). The van der Waals surface area contributed by atoms with E-state index in [2.05, 4.69) is 20.2 Å². The summed E-state index contributed by atoms with van der Waals surface area (Å²) in [6.07, 6.45) is 6.04. The molecule has 0 saturated carbocycles. The molecule has 1 aliphatic rings. The maximum absolute atomic E-state index is 13.1. The highest BCUT2D eigenvalue weighted by molar-refractivity contribution is 7.90. The number of aromatic nitrogens is 6. The number of aryl methyl sites for hydroxylation is 2. The van der Waals surface area contributed by atoms with Crippen LogP contribution in [0, 0.1) is 20.4 Å². The monoisotopic (exact) mass is 596 g/mol. The number of ether oxygens (including phenoxy) is 1. The molecule has 0 amide bonds. The van der Waals surface area contributed by atoms with Crippen molar-refractivity contribution in [3.05, 3.63) is 83.0 Å². The van der Waals surface area contributed by atoms with Crippen molar-refractivity contribution in [2.24, 2.45) is 7.05 Å². The normalized spacial score (nSPS) is 15.5. The molecule has 11 nitrogen and oxygen atoms in total. The Labute approximate surface area is 250 Å². The molecule has 0 bridgehead atoms. The fourth-order valence-electron chi connectivity index (χ4n) is 5.52. The van der Waals surface area contributed by atoms with Crippen LogP contribution < -0.4 is 5.32 Å². The van der Waals surface area contributed by atoms with Crippen molar-refractivity contribution in [1.82, 2.24) is 29.3 Å². The number of anilines is 2. The second-order valence-corrected chi connectivity index (χ2v) is 12.8. The van der Waals surface area contributed by atoms with Gasteiger partial charge in [-0.1, -0.05) is 18.7 Å². The largest absolute Gasteiger partial charge is 0.361 e. The Morgan fingerprint density at radius 1 is 1.07 bits per heavy atom. The van der Waals surface area contributed by atoms with Gasteiger partial charge in [0.25, 0.3) is 5.82 Å². The number of pyridine rings is 2. The Bertz CT molecular complexity index is 2000. The van der Waals surface area contributed by atoms with Crippen molar-refractivity contribution in [3.63, 3.8) is 0 Å². The lowest BCUT2D eigenvalue weighted by molar-refractivity contribution is -0.0309. The molecule has 220 valence electrons. The molecule has 12 heteroatoms. The summed E-state index contributed by atoms with van der Waals surface area (Å²) in [6, 6.07) is 12.6. The number of benzene rings is 1. The molecular formula is C31H32N8O3S. The summed E-state index contributed by atoms with van der Waals surface area (Å²) in [5, 5.41) is 7.70. The van der Waals surface area contributed by atoms with Crippen LogP contribution in [-0.2, 0) is 28.0 Å². The molecule has 43 heavy (non-hydrogen) atoms. The van der Waals surface area contributed by atoms with E-state index >= 15 is 0 Å². The first-order valence-electron chi connectivity index (χ1n) is 14.1. The molecule has 0 aliphatic carbocycles. The number of fused-ring (bicyclic) bond motifs is 1. The Morgan fingerprint density at radius 2 is 1.91 bits per heavy atom. The van der Waals surface area contributed by atoms with Gasteiger partial charge in [-0.15, -0.1) is 4.98 Å². The number of nitrogens with zero attached hydrogens (tertiary/aromatic N) is 7. The zero-order valence-electron chi connectivity index (χ0n) is 24.5. The Morgan fingerprint density at radius 3 is 2.60 bits per heavy atom. The van der Waals surface area contributed by atoms with E-state index in [1.54, 1.807) is 29.1 Å². The summed E-state index contributed by atoms with van der Waals surface area (Å²) in [5.41, 5.74) is 6.28. The van der Waals surface area contributed by atoms with Crippen LogP contribution in [-0.4, -0.2) is 50.6 Å². The summed E-state index contributed by atoms with van der Waals surface area (Å²) in [5.74, 6) is 1.07. The van der Waals surface area contributed by atoms with Gasteiger partial charge in [0.15, 0.2) is 15.5 Å². The molecule has 1 fully saturated rings. The first-order valence-corrected chi connectivity index (χ1v) is 15.9. The van der Waals surface area contributed by atoms with Crippen LogP contribution in [0.4, 0.5) is 17.2 Å². The van der Waals surface area contributed by atoms with E-state index in [-0.39, 0.29) is 11.1 Å². The van der Waals surface area contributed by atoms with Crippen LogP contribution in [0.5, 0.6) is 0 Å². The molecule has 1 saturated heterocycles. The van der Waals surface area contributed by atoms with Crippen molar-refractivity contribution >= 4 is 38.2 Å². The van der Waals surface area contributed by atoms with Gasteiger partial charge in [-0.25, -0.2) is 18.4 Å². The van der Waals surface area contributed by atoms with E-state index in [4.69, 9.17) is 21.3 Å². The lowest BCUT2D eigenvalue weighted by Gasteiger charge is -2.25. The SMILES string of the molecule is [C-]#[N+]c1cccc(Cc2cc(Nc3ccc(-c4cnn(C)c4C)cc3S(C)(=O)=O)c3nc(C)n(C4CCCCO4)c3n2)n1. The fourth-order valence-corrected chi connectivity index (χ4v) is 6.38. The number of imidazole rings is 1. The van der Waals surface area contributed by atoms with Crippen molar-refractivity contribution in [2.75, 3.05) is 18.2 Å². The van der Waals surface area contributed by atoms with Gasteiger partial charge in [-0.2, -0.15) is 5.10 Å². The second-order valence-electron chi connectivity index (χ2n) is 10.8. The lowest BCUT2D eigenvalue weighted by atomic mass is 10.1. The molecule has 1 atom stereocenters. The summed E-state index contributed by atoms with van der Waals surface area (Å²) >= 11 is 0. The van der Waals surface area contributed by atoms with E-state index in [0.717, 1.165) is 41.9 Å². The molecule has 0 radical (unpaired) electrons. The minimum atomic E-state index is -3.62. The van der Waals surface area contributed by atoms with Crippen LogP contribution in [0.2, 0.25) is 0 Å². The number of hydrogen-bond acceptors (Lipinski definition) is 8. The van der Waals surface area contributed by atoms with Crippen LogP contribution in [0.25, 0.3) is 27.1 Å². The molecule has 4 aromatic heterocycles. The van der Waals surface area contributed by atoms with Crippen molar-refractivity contribution in [3.8, 4) is 11.1 Å². The molecule has 6 rings (SSSR count). The summed E-state index contributed by atoms with van der Waals surface area (Å²) in [6.45, 7) is 11.9. The van der Waals surface area contributed by atoms with Crippen LogP contribution in [0.15, 0.2) is 53.6 Å². The van der Waals surface area contributed by atoms with Gasteiger partial charge in [0.1, 0.15) is 23.3 Å². The molecule has 5 heterocycles.